The first kappa shape index (κ1) is 24.4. The fourth-order valence-electron chi connectivity index (χ4n) is 2.64. The van der Waals surface area contributed by atoms with E-state index in [1.165, 1.54) is 82.0 Å². The molecule has 0 aliphatic heterocycles. The van der Waals surface area contributed by atoms with Crippen molar-refractivity contribution in [2.45, 2.75) is 79.1 Å². The third kappa shape index (κ3) is 11.9. The molecule has 0 saturated carbocycles. The first-order valence-corrected chi connectivity index (χ1v) is 8.09. The summed E-state index contributed by atoms with van der Waals surface area (Å²) in [6.07, 6.45) is 11.1. The lowest BCUT2D eigenvalue weighted by Gasteiger charge is -2.39. The highest BCUT2D eigenvalue weighted by Gasteiger charge is 2.24. The van der Waals surface area contributed by atoms with E-state index in [1.54, 1.807) is 0 Å². The van der Waals surface area contributed by atoms with Crippen LogP contribution in [-0.2, 0) is 0 Å². The second-order valence-electron chi connectivity index (χ2n) is 5.65. The number of rotatable bonds is 12. The van der Waals surface area contributed by atoms with Gasteiger partial charge in [0.25, 0.3) is 0 Å². The van der Waals surface area contributed by atoms with Crippen LogP contribution in [-0.4, -0.2) is 30.7 Å². The molecular formula is C16H40BrN2+. The van der Waals surface area contributed by atoms with Gasteiger partial charge in [0.15, 0.2) is 0 Å². The zero-order chi connectivity index (χ0) is 13.0. The van der Waals surface area contributed by atoms with Gasteiger partial charge in [-0.25, -0.2) is 0 Å². The first-order chi connectivity index (χ1) is 8.24. The Morgan fingerprint density at radius 3 is 0.895 bits per heavy atom. The monoisotopic (exact) mass is 339 g/mol. The zero-order valence-corrected chi connectivity index (χ0v) is 15.8. The van der Waals surface area contributed by atoms with E-state index in [0.717, 1.165) is 0 Å². The third-order valence-electron chi connectivity index (χ3n) is 3.94. The van der Waals surface area contributed by atoms with E-state index >= 15 is 0 Å². The molecule has 0 aliphatic rings. The molecule has 0 fully saturated rings. The summed E-state index contributed by atoms with van der Waals surface area (Å²) < 4.78 is 1.42. The van der Waals surface area contributed by atoms with Gasteiger partial charge in [-0.1, -0.05) is 53.4 Å². The van der Waals surface area contributed by atoms with E-state index in [1.807, 2.05) is 0 Å². The van der Waals surface area contributed by atoms with Crippen LogP contribution in [0.25, 0.3) is 0 Å². The molecule has 0 rings (SSSR count). The van der Waals surface area contributed by atoms with Crippen molar-refractivity contribution in [3.05, 3.63) is 0 Å². The Kier molecular flexibility index (Phi) is 21.1. The molecule has 0 aromatic heterocycles. The molecule has 0 aromatic carbocycles. The number of hydrogen-bond acceptors (Lipinski definition) is 1. The highest BCUT2D eigenvalue weighted by atomic mass is 79.9. The molecule has 120 valence electrons. The Labute approximate surface area is 133 Å². The van der Waals surface area contributed by atoms with Gasteiger partial charge >= 0.3 is 0 Å². The van der Waals surface area contributed by atoms with Gasteiger partial charge < -0.3 is 10.6 Å². The molecule has 2 nitrogen and oxygen atoms in total. The van der Waals surface area contributed by atoms with E-state index in [9.17, 15) is 0 Å². The van der Waals surface area contributed by atoms with Crippen LogP contribution in [0.2, 0.25) is 0 Å². The van der Waals surface area contributed by atoms with Gasteiger partial charge in [0.05, 0.1) is 26.2 Å². The molecule has 0 radical (unpaired) electrons. The average Bonchev–Trinajstić information content (AvgIpc) is 2.37. The van der Waals surface area contributed by atoms with Crippen molar-refractivity contribution in [3.63, 3.8) is 0 Å². The molecule has 0 heterocycles. The van der Waals surface area contributed by atoms with Gasteiger partial charge in [0, 0.05) is 0 Å². The third-order valence-corrected chi connectivity index (χ3v) is 3.94. The van der Waals surface area contributed by atoms with Crippen molar-refractivity contribution in [1.29, 1.82) is 0 Å². The zero-order valence-electron chi connectivity index (χ0n) is 14.0. The van der Waals surface area contributed by atoms with E-state index in [0.29, 0.717) is 0 Å². The number of hydrogen-bond donors (Lipinski definition) is 1. The number of nitrogens with zero attached hydrogens (tertiary/aromatic N) is 1. The van der Waals surface area contributed by atoms with Gasteiger partial charge in [-0.15, -0.1) is 17.0 Å². The van der Waals surface area contributed by atoms with Gasteiger partial charge in [-0.3, -0.25) is 0 Å². The minimum Gasteiger partial charge on any atom is -0.344 e. The summed E-state index contributed by atoms with van der Waals surface area (Å²) in [4.78, 5) is 0. The van der Waals surface area contributed by atoms with Crippen LogP contribution in [0.15, 0.2) is 0 Å². The van der Waals surface area contributed by atoms with Crippen LogP contribution < -0.4 is 6.15 Å². The molecule has 0 aliphatic carbocycles. The van der Waals surface area contributed by atoms with E-state index < -0.39 is 0 Å². The molecular weight excluding hydrogens is 300 g/mol. The molecule has 0 bridgehead atoms. The fourth-order valence-corrected chi connectivity index (χ4v) is 2.64. The molecule has 3 N–H and O–H groups in total. The van der Waals surface area contributed by atoms with Crippen molar-refractivity contribution in [3.8, 4) is 0 Å². The Morgan fingerprint density at radius 1 is 0.526 bits per heavy atom. The van der Waals surface area contributed by atoms with Crippen molar-refractivity contribution in [2.75, 3.05) is 26.2 Å². The summed E-state index contributed by atoms with van der Waals surface area (Å²) in [6.45, 7) is 15.0. The Hall–Kier alpha value is 0.400. The molecule has 3 heteroatoms. The quantitative estimate of drug-likeness (QED) is 0.451. The largest absolute Gasteiger partial charge is 0.344 e. The summed E-state index contributed by atoms with van der Waals surface area (Å²) in [7, 11) is 0. The van der Waals surface area contributed by atoms with Crippen molar-refractivity contribution < 1.29 is 4.48 Å². The SMILES string of the molecule is Br.CCCC[N+](CCCC)(CCCC)CCCC.N. The molecule has 0 atom stereocenters. The molecule has 0 spiro atoms. The second kappa shape index (κ2) is 16.5. The molecule has 0 aromatic rings. The van der Waals surface area contributed by atoms with Crippen LogP contribution in [0.4, 0.5) is 0 Å². The lowest BCUT2D eigenvalue weighted by Crippen LogP contribution is -2.50. The fraction of sp³-hybridized carbons (Fsp3) is 1.00. The summed E-state index contributed by atoms with van der Waals surface area (Å²) in [5, 5.41) is 0. The Bertz CT molecular complexity index is 125. The number of quaternary nitrogens is 1. The topological polar surface area (TPSA) is 35.0 Å². The second-order valence-corrected chi connectivity index (χ2v) is 5.65. The van der Waals surface area contributed by atoms with Gasteiger partial charge in [0.2, 0.25) is 0 Å². The average molecular weight is 340 g/mol. The van der Waals surface area contributed by atoms with Gasteiger partial charge in [-0.05, 0) is 25.7 Å². The smallest absolute Gasteiger partial charge is 0.0786 e. The first-order valence-electron chi connectivity index (χ1n) is 8.09. The van der Waals surface area contributed by atoms with E-state index in [-0.39, 0.29) is 23.1 Å². The van der Waals surface area contributed by atoms with Crippen LogP contribution >= 0.6 is 17.0 Å². The van der Waals surface area contributed by atoms with Crippen molar-refractivity contribution in [2.24, 2.45) is 0 Å². The van der Waals surface area contributed by atoms with E-state index in [4.69, 9.17) is 0 Å². The lowest BCUT2D eigenvalue weighted by atomic mass is 10.1. The minimum absolute atomic E-state index is 0. The highest BCUT2D eigenvalue weighted by Crippen LogP contribution is 2.16. The maximum absolute atomic E-state index is 2.33. The standard InChI is InChI=1S/C16H36N.BrH.H3N/c1-5-9-13-17(14-10-6-2,15-11-7-3)16-12-8-4;;/h5-16H2,1-4H3;1H;1H3/q+1;;. The predicted molar refractivity (Wildman–Crippen MR) is 94.7 cm³/mol. The van der Waals surface area contributed by atoms with Gasteiger partial charge in [0.1, 0.15) is 0 Å². The number of halogens is 1. The van der Waals surface area contributed by atoms with Crippen molar-refractivity contribution in [1.82, 2.24) is 6.15 Å². The number of unbranched alkanes of at least 4 members (excludes halogenated alkanes) is 4. The summed E-state index contributed by atoms with van der Waals surface area (Å²) in [5.41, 5.74) is 0. The van der Waals surface area contributed by atoms with E-state index in [2.05, 4.69) is 27.7 Å². The van der Waals surface area contributed by atoms with Crippen LogP contribution in [0, 0.1) is 0 Å². The van der Waals surface area contributed by atoms with Crippen molar-refractivity contribution >= 4 is 17.0 Å². The van der Waals surface area contributed by atoms with Crippen LogP contribution in [0.5, 0.6) is 0 Å². The lowest BCUT2D eigenvalue weighted by molar-refractivity contribution is -0.929. The molecule has 19 heavy (non-hydrogen) atoms. The Balaban J connectivity index is -0.00000128. The Morgan fingerprint density at radius 2 is 0.737 bits per heavy atom. The maximum Gasteiger partial charge on any atom is 0.0786 e. The highest BCUT2D eigenvalue weighted by molar-refractivity contribution is 8.93. The summed E-state index contributed by atoms with van der Waals surface area (Å²) >= 11 is 0. The summed E-state index contributed by atoms with van der Waals surface area (Å²) in [5.74, 6) is 0. The normalized spacial score (nSPS) is 10.7. The van der Waals surface area contributed by atoms with Gasteiger partial charge in [-0.2, -0.15) is 0 Å². The van der Waals surface area contributed by atoms with Crippen LogP contribution in [0.3, 0.4) is 0 Å². The van der Waals surface area contributed by atoms with Crippen LogP contribution in [0.1, 0.15) is 79.1 Å². The predicted octanol–water partition coefficient (Wildman–Crippen LogP) is 5.74. The minimum atomic E-state index is 0. The molecule has 0 unspecified atom stereocenters. The maximum atomic E-state index is 2.33. The molecule has 0 saturated heterocycles. The molecule has 0 amide bonds. The summed E-state index contributed by atoms with van der Waals surface area (Å²) in [6, 6.07) is 0.